The third kappa shape index (κ3) is 2.31. The van der Waals surface area contributed by atoms with Crippen LogP contribution in [0.5, 0.6) is 0 Å². The molecule has 0 saturated carbocycles. The molecule has 0 amide bonds. The molecule has 0 aromatic carbocycles. The highest BCUT2D eigenvalue weighted by Gasteiger charge is 2.33. The molecule has 1 saturated heterocycles. The molecule has 7 heteroatoms. The number of hydrogen-bond donors (Lipinski definition) is 3. The molecule has 0 bridgehead atoms. The molecule has 3 atom stereocenters. The minimum atomic E-state index is -0.999. The summed E-state index contributed by atoms with van der Waals surface area (Å²) in [5.41, 5.74) is 5.59. The minimum absolute atomic E-state index is 0.00660. The molecular weight excluding hydrogens is 325 g/mol. The summed E-state index contributed by atoms with van der Waals surface area (Å²) >= 11 is 2.06. The molecular formula is C9H14IN3O3. The van der Waals surface area contributed by atoms with Crippen molar-refractivity contribution in [1.82, 2.24) is 4.90 Å². The topological polar surface area (TPSA) is 91.3 Å². The van der Waals surface area contributed by atoms with Gasteiger partial charge >= 0.3 is 0 Å². The van der Waals surface area contributed by atoms with Gasteiger partial charge in [-0.15, -0.1) is 0 Å². The molecule has 0 radical (unpaired) electrons. The van der Waals surface area contributed by atoms with Crippen LogP contribution in [0.25, 0.3) is 0 Å². The third-order valence-corrected chi connectivity index (χ3v) is 3.48. The molecule has 2 aliphatic rings. The number of aliphatic hydroxyl groups is 2. The van der Waals surface area contributed by atoms with E-state index in [1.165, 1.54) is 0 Å². The molecule has 2 aliphatic heterocycles. The second kappa shape index (κ2) is 4.86. The van der Waals surface area contributed by atoms with Crippen LogP contribution < -0.4 is 5.73 Å². The van der Waals surface area contributed by atoms with Crippen molar-refractivity contribution in [3.8, 4) is 0 Å². The van der Waals surface area contributed by atoms with Crippen molar-refractivity contribution < 1.29 is 14.9 Å². The van der Waals surface area contributed by atoms with Crippen molar-refractivity contribution in [3.63, 3.8) is 0 Å². The quantitative estimate of drug-likeness (QED) is 0.602. The van der Waals surface area contributed by atoms with E-state index in [4.69, 9.17) is 15.6 Å². The SMILES string of the molecule is NC1=NC(O)N([C@@H]2CCC(CO)O2)C=C1I. The summed E-state index contributed by atoms with van der Waals surface area (Å²) in [5, 5.41) is 18.7. The standard InChI is InChI=1S/C9H14IN3O3/c10-6-3-13(9(15)12-8(6)11)7-2-1-5(4-14)16-7/h3,5,7,9,14-15H,1-2,4H2,(H2,11,12)/t5?,7-,9?/m0/s1. The second-order valence-electron chi connectivity index (χ2n) is 3.76. The van der Waals surface area contributed by atoms with Gasteiger partial charge in [0, 0.05) is 6.20 Å². The fourth-order valence-corrected chi connectivity index (χ4v) is 2.25. The molecule has 4 N–H and O–H groups in total. The molecule has 0 aromatic heterocycles. The number of hydrogen-bond acceptors (Lipinski definition) is 6. The number of amidine groups is 1. The Morgan fingerprint density at radius 1 is 1.62 bits per heavy atom. The number of nitrogens with two attached hydrogens (primary N) is 1. The van der Waals surface area contributed by atoms with Crippen molar-refractivity contribution in [2.45, 2.75) is 31.5 Å². The smallest absolute Gasteiger partial charge is 0.229 e. The van der Waals surface area contributed by atoms with Gasteiger partial charge in [-0.3, -0.25) is 0 Å². The Morgan fingerprint density at radius 3 is 3.00 bits per heavy atom. The van der Waals surface area contributed by atoms with Gasteiger partial charge in [-0.1, -0.05) is 0 Å². The van der Waals surface area contributed by atoms with E-state index in [0.29, 0.717) is 5.84 Å². The van der Waals surface area contributed by atoms with Crippen LogP contribution in [-0.4, -0.2) is 46.2 Å². The number of nitrogens with zero attached hydrogens (tertiary/aromatic N) is 2. The van der Waals surface area contributed by atoms with Crippen LogP contribution in [0.4, 0.5) is 0 Å². The minimum Gasteiger partial charge on any atom is -0.394 e. The molecule has 6 nitrogen and oxygen atoms in total. The van der Waals surface area contributed by atoms with Crippen molar-refractivity contribution in [2.24, 2.45) is 10.7 Å². The van der Waals surface area contributed by atoms with Gasteiger partial charge in [-0.05, 0) is 35.4 Å². The van der Waals surface area contributed by atoms with Crippen LogP contribution in [0, 0.1) is 0 Å². The first kappa shape index (κ1) is 12.1. The first-order valence-electron chi connectivity index (χ1n) is 5.04. The average molecular weight is 339 g/mol. The fourth-order valence-electron chi connectivity index (χ4n) is 1.79. The lowest BCUT2D eigenvalue weighted by Gasteiger charge is -2.32. The van der Waals surface area contributed by atoms with Gasteiger partial charge in [-0.2, -0.15) is 0 Å². The molecule has 0 spiro atoms. The maximum Gasteiger partial charge on any atom is 0.229 e. The summed E-state index contributed by atoms with van der Waals surface area (Å²) in [4.78, 5) is 5.52. The van der Waals surface area contributed by atoms with E-state index in [-0.39, 0.29) is 18.9 Å². The van der Waals surface area contributed by atoms with Gasteiger partial charge in [0.05, 0.1) is 16.3 Å². The number of halogens is 1. The van der Waals surface area contributed by atoms with Crippen molar-refractivity contribution in [2.75, 3.05) is 6.61 Å². The Morgan fingerprint density at radius 2 is 2.38 bits per heavy atom. The van der Waals surface area contributed by atoms with Gasteiger partial charge in [0.1, 0.15) is 12.1 Å². The van der Waals surface area contributed by atoms with Gasteiger partial charge in [-0.25, -0.2) is 4.99 Å². The Bertz CT molecular complexity index is 334. The number of rotatable bonds is 2. The van der Waals surface area contributed by atoms with Crippen LogP contribution >= 0.6 is 22.6 Å². The zero-order valence-corrected chi connectivity index (χ0v) is 10.7. The number of aliphatic imine (C=N–C) groups is 1. The van der Waals surface area contributed by atoms with E-state index >= 15 is 0 Å². The molecule has 2 rings (SSSR count). The predicted octanol–water partition coefficient (Wildman–Crippen LogP) is -0.291. The maximum absolute atomic E-state index is 9.74. The number of aliphatic hydroxyl groups excluding tert-OH is 2. The lowest BCUT2D eigenvalue weighted by atomic mass is 10.2. The normalized spacial score (nSPS) is 34.9. The van der Waals surface area contributed by atoms with E-state index in [1.54, 1.807) is 11.1 Å². The van der Waals surface area contributed by atoms with Crippen molar-refractivity contribution >= 4 is 28.4 Å². The van der Waals surface area contributed by atoms with Crippen LogP contribution in [0.3, 0.4) is 0 Å². The van der Waals surface area contributed by atoms with Gasteiger partial charge < -0.3 is 25.6 Å². The predicted molar refractivity (Wildman–Crippen MR) is 66.6 cm³/mol. The highest BCUT2D eigenvalue weighted by molar-refractivity contribution is 14.1. The maximum atomic E-state index is 9.74. The summed E-state index contributed by atoms with van der Waals surface area (Å²) in [5.74, 6) is 0.334. The summed E-state index contributed by atoms with van der Waals surface area (Å²) in [6.07, 6.45) is 1.89. The summed E-state index contributed by atoms with van der Waals surface area (Å²) in [6, 6.07) is 0. The summed E-state index contributed by atoms with van der Waals surface area (Å²) < 4.78 is 6.34. The monoisotopic (exact) mass is 339 g/mol. The Labute approximate surface area is 107 Å². The van der Waals surface area contributed by atoms with Gasteiger partial charge in [0.25, 0.3) is 0 Å². The van der Waals surface area contributed by atoms with Crippen LogP contribution in [0.2, 0.25) is 0 Å². The molecule has 1 fully saturated rings. The Hall–Kier alpha value is -0.380. The van der Waals surface area contributed by atoms with Crippen LogP contribution in [0.1, 0.15) is 12.8 Å². The largest absolute Gasteiger partial charge is 0.394 e. The summed E-state index contributed by atoms with van der Waals surface area (Å²) in [6.45, 7) is 0.00660. The van der Waals surface area contributed by atoms with Gasteiger partial charge in [0.15, 0.2) is 0 Å². The Balaban J connectivity index is 2.06. The van der Waals surface area contributed by atoms with Crippen LogP contribution in [-0.2, 0) is 4.74 Å². The number of ether oxygens (including phenoxy) is 1. The molecule has 16 heavy (non-hydrogen) atoms. The Kier molecular flexibility index (Phi) is 3.67. The molecule has 2 heterocycles. The first-order valence-corrected chi connectivity index (χ1v) is 6.12. The highest BCUT2D eigenvalue weighted by Crippen LogP contribution is 2.27. The van der Waals surface area contributed by atoms with Crippen molar-refractivity contribution in [1.29, 1.82) is 0 Å². The van der Waals surface area contributed by atoms with Crippen molar-refractivity contribution in [3.05, 3.63) is 9.78 Å². The van der Waals surface area contributed by atoms with E-state index < -0.39 is 6.35 Å². The molecule has 90 valence electrons. The van der Waals surface area contributed by atoms with E-state index in [0.717, 1.165) is 16.4 Å². The van der Waals surface area contributed by atoms with E-state index in [1.807, 2.05) is 0 Å². The highest BCUT2D eigenvalue weighted by atomic mass is 127. The molecule has 0 aliphatic carbocycles. The zero-order chi connectivity index (χ0) is 11.7. The fraction of sp³-hybridized carbons (Fsp3) is 0.667. The molecule has 0 aromatic rings. The third-order valence-electron chi connectivity index (χ3n) is 2.65. The lowest BCUT2D eigenvalue weighted by molar-refractivity contribution is -0.105. The van der Waals surface area contributed by atoms with Gasteiger partial charge in [0.2, 0.25) is 6.35 Å². The molecule has 2 unspecified atom stereocenters. The lowest BCUT2D eigenvalue weighted by Crippen LogP contribution is -2.42. The van der Waals surface area contributed by atoms with Crippen LogP contribution in [0.15, 0.2) is 14.8 Å². The van der Waals surface area contributed by atoms with E-state index in [9.17, 15) is 5.11 Å². The second-order valence-corrected chi connectivity index (χ2v) is 4.92. The summed E-state index contributed by atoms with van der Waals surface area (Å²) in [7, 11) is 0. The zero-order valence-electron chi connectivity index (χ0n) is 8.58. The van der Waals surface area contributed by atoms with E-state index in [2.05, 4.69) is 27.6 Å². The first-order chi connectivity index (χ1) is 7.61. The average Bonchev–Trinajstić information content (AvgIpc) is 2.71.